The molecule has 0 saturated carbocycles. The van der Waals surface area contributed by atoms with E-state index in [4.69, 9.17) is 9.72 Å². The Bertz CT molecular complexity index is 1240. The number of likely N-dealkylation sites (tertiary alicyclic amines) is 1. The highest BCUT2D eigenvalue weighted by atomic mass is 16.5. The third-order valence-electron chi connectivity index (χ3n) is 6.44. The number of rotatable bonds is 6. The second kappa shape index (κ2) is 9.30. The number of hydrogen-bond acceptors (Lipinski definition) is 4. The van der Waals surface area contributed by atoms with Crippen LogP contribution in [0.15, 0.2) is 72.8 Å². The number of para-hydroxylation sites is 2. The summed E-state index contributed by atoms with van der Waals surface area (Å²) < 4.78 is 6.72. The van der Waals surface area contributed by atoms with Gasteiger partial charge in [0, 0.05) is 18.7 Å². The average Bonchev–Trinajstić information content (AvgIpc) is 3.28. The molecule has 0 spiro atoms. The molecule has 1 atom stereocenters. The molecular weight excluding hydrogens is 410 g/mol. The maximum atomic E-state index is 11.9. The Morgan fingerprint density at radius 3 is 2.48 bits per heavy atom. The van der Waals surface area contributed by atoms with Gasteiger partial charge < -0.3 is 14.6 Å². The third-order valence-corrected chi connectivity index (χ3v) is 6.44. The highest BCUT2D eigenvalue weighted by molar-refractivity contribution is 5.95. The Morgan fingerprint density at radius 2 is 1.73 bits per heavy atom. The van der Waals surface area contributed by atoms with Crippen molar-refractivity contribution in [2.24, 2.45) is 0 Å². The molecule has 0 amide bonds. The molecule has 1 fully saturated rings. The van der Waals surface area contributed by atoms with E-state index in [1.54, 1.807) is 6.92 Å². The lowest BCUT2D eigenvalue weighted by molar-refractivity contribution is -0.0264. The van der Waals surface area contributed by atoms with Gasteiger partial charge in [-0.25, -0.2) is 4.98 Å². The number of nitrogens with one attached hydrogen (secondary N) is 1. The topological polar surface area (TPSA) is 58.2 Å². The summed E-state index contributed by atoms with van der Waals surface area (Å²) in [7, 11) is 2.16. The fourth-order valence-corrected chi connectivity index (χ4v) is 4.51. The number of imidazole rings is 1. The number of ketones is 1. The summed E-state index contributed by atoms with van der Waals surface area (Å²) in [6.07, 6.45) is 1.91. The predicted molar refractivity (Wildman–Crippen MR) is 131 cm³/mol. The zero-order valence-corrected chi connectivity index (χ0v) is 19.1. The SMILES string of the molecule is CC(=O)c1cccc(-c2cccc(C(OC3CCN(C)CC3)c3nc4ccccc4[nH]3)c2)c1. The molecule has 0 radical (unpaired) electrons. The van der Waals surface area contributed by atoms with Crippen LogP contribution in [0.5, 0.6) is 0 Å². The van der Waals surface area contributed by atoms with Crippen molar-refractivity contribution in [2.75, 3.05) is 20.1 Å². The Morgan fingerprint density at radius 1 is 1.00 bits per heavy atom. The van der Waals surface area contributed by atoms with Crippen LogP contribution in [0.25, 0.3) is 22.2 Å². The number of Topliss-reactive ketones (excluding diaryl/α,β-unsaturated/α-hetero) is 1. The molecule has 1 aliphatic heterocycles. The van der Waals surface area contributed by atoms with Crippen molar-refractivity contribution in [2.45, 2.75) is 32.0 Å². The smallest absolute Gasteiger partial charge is 0.159 e. The van der Waals surface area contributed by atoms with E-state index < -0.39 is 0 Å². The van der Waals surface area contributed by atoms with Gasteiger partial charge in [-0.3, -0.25) is 4.79 Å². The van der Waals surface area contributed by atoms with Crippen molar-refractivity contribution < 1.29 is 9.53 Å². The lowest BCUT2D eigenvalue weighted by Crippen LogP contribution is -2.35. The largest absolute Gasteiger partial charge is 0.362 e. The number of ether oxygens (including phenoxy) is 1. The minimum absolute atomic E-state index is 0.0683. The van der Waals surface area contributed by atoms with Gasteiger partial charge in [0.25, 0.3) is 0 Å². The molecule has 1 aromatic heterocycles. The third kappa shape index (κ3) is 4.75. The van der Waals surface area contributed by atoms with E-state index in [0.717, 1.165) is 59.5 Å². The first-order valence-corrected chi connectivity index (χ1v) is 11.6. The van der Waals surface area contributed by atoms with E-state index >= 15 is 0 Å². The first kappa shape index (κ1) is 21.6. The fourth-order valence-electron chi connectivity index (χ4n) is 4.51. The van der Waals surface area contributed by atoms with Crippen LogP contribution in [0.4, 0.5) is 0 Å². The lowest BCUT2D eigenvalue weighted by Gasteiger charge is -2.31. The van der Waals surface area contributed by atoms with Crippen molar-refractivity contribution in [1.29, 1.82) is 0 Å². The maximum Gasteiger partial charge on any atom is 0.159 e. The van der Waals surface area contributed by atoms with E-state index in [1.165, 1.54) is 0 Å². The van der Waals surface area contributed by atoms with Crippen LogP contribution in [0, 0.1) is 0 Å². The van der Waals surface area contributed by atoms with Crippen LogP contribution in [0.1, 0.15) is 47.6 Å². The molecule has 1 aliphatic rings. The van der Waals surface area contributed by atoms with Gasteiger partial charge in [0.15, 0.2) is 5.78 Å². The van der Waals surface area contributed by atoms with Gasteiger partial charge in [-0.2, -0.15) is 0 Å². The average molecular weight is 440 g/mol. The number of carbonyl (C=O) groups is 1. The summed E-state index contributed by atoms with van der Waals surface area (Å²) in [5.74, 6) is 0.892. The number of piperidine rings is 1. The zero-order valence-electron chi connectivity index (χ0n) is 19.1. The van der Waals surface area contributed by atoms with Crippen LogP contribution in [-0.4, -0.2) is 46.9 Å². The maximum absolute atomic E-state index is 11.9. The second-order valence-corrected chi connectivity index (χ2v) is 8.92. The summed E-state index contributed by atoms with van der Waals surface area (Å²) in [5.41, 5.74) is 5.80. The Kier molecular flexibility index (Phi) is 6.07. The van der Waals surface area contributed by atoms with E-state index in [2.05, 4.69) is 41.2 Å². The standard InChI is InChI=1S/C28H29N3O2/c1-19(32)20-7-5-8-21(17-20)22-9-6-10-23(18-22)27(33-24-13-15-31(2)16-14-24)28-29-25-11-3-4-12-26(25)30-28/h3-12,17-18,24,27H,13-16H2,1-2H3,(H,29,30). The van der Waals surface area contributed by atoms with Gasteiger partial charge in [-0.1, -0.05) is 48.5 Å². The molecule has 1 saturated heterocycles. The quantitative estimate of drug-likeness (QED) is 0.396. The van der Waals surface area contributed by atoms with Gasteiger partial charge in [-0.15, -0.1) is 0 Å². The number of carbonyl (C=O) groups excluding carboxylic acids is 1. The number of nitrogens with zero attached hydrogens (tertiary/aromatic N) is 2. The second-order valence-electron chi connectivity index (χ2n) is 8.92. The van der Waals surface area contributed by atoms with Gasteiger partial charge in [0.2, 0.25) is 0 Å². The molecule has 33 heavy (non-hydrogen) atoms. The number of H-pyrrole nitrogens is 1. The highest BCUT2D eigenvalue weighted by Gasteiger charge is 2.26. The van der Waals surface area contributed by atoms with E-state index in [9.17, 15) is 4.79 Å². The number of fused-ring (bicyclic) bond motifs is 1. The molecule has 3 aromatic carbocycles. The van der Waals surface area contributed by atoms with Crippen LogP contribution in [-0.2, 0) is 4.74 Å². The molecule has 2 heterocycles. The summed E-state index contributed by atoms with van der Waals surface area (Å²) in [6, 6.07) is 24.3. The molecule has 5 heteroatoms. The van der Waals surface area contributed by atoms with Crippen molar-refractivity contribution in [1.82, 2.24) is 14.9 Å². The van der Waals surface area contributed by atoms with Crippen molar-refractivity contribution in [3.8, 4) is 11.1 Å². The van der Waals surface area contributed by atoms with Crippen molar-refractivity contribution in [3.63, 3.8) is 0 Å². The summed E-state index contributed by atoms with van der Waals surface area (Å²) in [5, 5.41) is 0. The predicted octanol–water partition coefficient (Wildman–Crippen LogP) is 5.63. The van der Waals surface area contributed by atoms with Gasteiger partial charge in [0.05, 0.1) is 17.1 Å². The Balaban J connectivity index is 1.52. The number of hydrogen-bond donors (Lipinski definition) is 1. The molecule has 0 aliphatic carbocycles. The monoisotopic (exact) mass is 439 g/mol. The van der Waals surface area contributed by atoms with Crippen LogP contribution >= 0.6 is 0 Å². The van der Waals surface area contributed by atoms with Gasteiger partial charge >= 0.3 is 0 Å². The van der Waals surface area contributed by atoms with Crippen LogP contribution in [0.2, 0.25) is 0 Å². The highest BCUT2D eigenvalue weighted by Crippen LogP contribution is 2.32. The minimum Gasteiger partial charge on any atom is -0.362 e. The summed E-state index contributed by atoms with van der Waals surface area (Å²) in [6.45, 7) is 3.67. The molecule has 1 unspecified atom stereocenters. The van der Waals surface area contributed by atoms with Crippen molar-refractivity contribution >= 4 is 16.8 Å². The van der Waals surface area contributed by atoms with E-state index in [0.29, 0.717) is 5.56 Å². The Labute approximate surface area is 194 Å². The van der Waals surface area contributed by atoms with Crippen LogP contribution < -0.4 is 0 Å². The van der Waals surface area contributed by atoms with E-state index in [1.807, 2.05) is 48.5 Å². The fraction of sp³-hybridized carbons (Fsp3) is 0.286. The first-order valence-electron chi connectivity index (χ1n) is 11.6. The normalized spacial score (nSPS) is 16.2. The molecule has 5 nitrogen and oxygen atoms in total. The lowest BCUT2D eigenvalue weighted by atomic mass is 9.98. The Hall–Kier alpha value is -3.28. The molecule has 168 valence electrons. The molecule has 4 aromatic rings. The minimum atomic E-state index is -0.290. The van der Waals surface area contributed by atoms with E-state index in [-0.39, 0.29) is 18.0 Å². The molecular formula is C28H29N3O2. The molecule has 5 rings (SSSR count). The summed E-state index contributed by atoms with van der Waals surface area (Å²) >= 11 is 0. The zero-order chi connectivity index (χ0) is 22.8. The summed E-state index contributed by atoms with van der Waals surface area (Å²) in [4.78, 5) is 22.6. The first-order chi connectivity index (χ1) is 16.1. The number of aromatic amines is 1. The molecule has 0 bridgehead atoms. The van der Waals surface area contributed by atoms with Crippen LogP contribution in [0.3, 0.4) is 0 Å². The van der Waals surface area contributed by atoms with Gasteiger partial charge in [-0.05, 0) is 67.8 Å². The molecule has 1 N–H and O–H groups in total. The van der Waals surface area contributed by atoms with Gasteiger partial charge in [0.1, 0.15) is 11.9 Å². The number of benzene rings is 3. The van der Waals surface area contributed by atoms with Crippen molar-refractivity contribution in [3.05, 3.63) is 89.7 Å². The number of aromatic nitrogens is 2.